The summed E-state index contributed by atoms with van der Waals surface area (Å²) in [5, 5.41) is 58.5. The van der Waals surface area contributed by atoms with Crippen LogP contribution in [0.15, 0.2) is 58.5 Å². The molecule has 7 heterocycles. The number of carbonyl (C=O) groups excluding carboxylic acids is 4. The van der Waals surface area contributed by atoms with E-state index in [0.717, 1.165) is 6.54 Å². The number of phenolic OH excluding ortho intramolecular Hbond substituents is 2. The third-order valence-electron chi connectivity index (χ3n) is 14.8. The zero-order valence-electron chi connectivity index (χ0n) is 41.4. The summed E-state index contributed by atoms with van der Waals surface area (Å²) in [4.78, 5) is 69.7. The van der Waals surface area contributed by atoms with Crippen LogP contribution in [0.3, 0.4) is 0 Å². The van der Waals surface area contributed by atoms with Gasteiger partial charge in [-0.1, -0.05) is 65.0 Å². The van der Waals surface area contributed by atoms with Crippen LogP contribution in [0.2, 0.25) is 0 Å². The van der Waals surface area contributed by atoms with Crippen molar-refractivity contribution in [3.05, 3.63) is 70.4 Å². The van der Waals surface area contributed by atoms with Crippen LogP contribution in [-0.4, -0.2) is 131 Å². The van der Waals surface area contributed by atoms with Gasteiger partial charge in [0.05, 0.1) is 47.0 Å². The molecule has 1 aromatic heterocycles. The molecule has 5 bridgehead atoms. The van der Waals surface area contributed by atoms with Crippen molar-refractivity contribution in [1.82, 2.24) is 24.8 Å². The average Bonchev–Trinajstić information content (AvgIpc) is 4.03. The number of ether oxygens (including phenoxy) is 3. The van der Waals surface area contributed by atoms with Gasteiger partial charge in [-0.25, -0.2) is 4.68 Å². The van der Waals surface area contributed by atoms with Crippen molar-refractivity contribution in [2.75, 3.05) is 38.0 Å². The van der Waals surface area contributed by atoms with Gasteiger partial charge in [0.25, 0.3) is 11.7 Å². The normalized spacial score (nSPS) is 30.1. The summed E-state index contributed by atoms with van der Waals surface area (Å²) in [6.45, 7) is 18.9. The summed E-state index contributed by atoms with van der Waals surface area (Å²) in [6, 6.07) is -0.0501. The second kappa shape index (κ2) is 19.5. The number of Topliss-reactive ketones (excluding diaryl/α,β-unsaturated/α-hetero) is 1. The van der Waals surface area contributed by atoms with Crippen molar-refractivity contribution in [2.45, 2.75) is 124 Å². The number of piperidine rings is 1. The lowest BCUT2D eigenvalue weighted by Crippen LogP contribution is -2.51. The van der Waals surface area contributed by atoms with Gasteiger partial charge in [-0.05, 0) is 38.2 Å². The summed E-state index contributed by atoms with van der Waals surface area (Å²) in [6.07, 6.45) is 8.63. The number of esters is 1. The minimum atomic E-state index is -1.95. The number of aromatic hydroxyl groups is 2. The zero-order chi connectivity index (χ0) is 50.6. The minimum Gasteiger partial charge on any atom is -0.507 e. The number of benzene rings is 2. The highest BCUT2D eigenvalue weighted by atomic mass is 16.7. The highest BCUT2D eigenvalue weighted by Crippen LogP contribution is 2.50. The maximum atomic E-state index is 14.8. The van der Waals surface area contributed by atoms with Crippen LogP contribution in [-0.2, 0) is 23.9 Å². The minimum absolute atomic E-state index is 0.0322. The highest BCUT2D eigenvalue weighted by Gasteiger charge is 2.50. The monoisotopic (exact) mass is 966 g/mol. The molecular weight excluding hydrogens is 901 g/mol. The van der Waals surface area contributed by atoms with E-state index in [1.165, 1.54) is 18.1 Å². The quantitative estimate of drug-likeness (QED) is 0.132. The SMILES string of the molecule is C/C1=C/C=C/C(C)[C@H](O)[C@@H](C)[C@@H](O)[C@@H](C)C(OC(=O)CC(=O)N2CC(n3ccnn3)C2)[C@H](C)C/C=C/O[C@@]2(C)Oc3c(C)c(O)c4c(O)c(c5c(c4c3C2=O)=NC2(CCN(CC(C)C)CC2)N=5)NC1=O. The number of nitrogens with zero attached hydrogens (tertiary/aromatic N) is 7. The van der Waals surface area contributed by atoms with E-state index in [4.69, 9.17) is 24.2 Å². The topological polar surface area (TPSA) is 251 Å². The lowest BCUT2D eigenvalue weighted by molar-refractivity contribution is -0.163. The number of fused-ring (bicyclic) bond motifs is 13. The molecular formula is C51H66N8O11. The number of aromatic nitrogens is 3. The van der Waals surface area contributed by atoms with Gasteiger partial charge in [0, 0.05) is 93.0 Å². The van der Waals surface area contributed by atoms with Crippen LogP contribution < -0.4 is 20.8 Å². The van der Waals surface area contributed by atoms with E-state index in [9.17, 15) is 39.6 Å². The molecule has 1 spiro atoms. The van der Waals surface area contributed by atoms with Crippen LogP contribution in [0.1, 0.15) is 103 Å². The van der Waals surface area contributed by atoms with Crippen molar-refractivity contribution in [3.63, 3.8) is 0 Å². The van der Waals surface area contributed by atoms with Crippen LogP contribution in [0.25, 0.3) is 10.8 Å². The van der Waals surface area contributed by atoms with Crippen LogP contribution in [0.4, 0.5) is 5.69 Å². The fourth-order valence-electron chi connectivity index (χ4n) is 10.4. The highest BCUT2D eigenvalue weighted by molar-refractivity contribution is 6.19. The van der Waals surface area contributed by atoms with E-state index in [-0.39, 0.29) is 67.8 Å². The Bertz CT molecular complexity index is 2780. The van der Waals surface area contributed by atoms with Crippen molar-refractivity contribution >= 4 is 40.0 Å². The zero-order valence-corrected chi connectivity index (χ0v) is 41.4. The summed E-state index contributed by atoms with van der Waals surface area (Å²) >= 11 is 0. The number of likely N-dealkylation sites (tertiary alicyclic amines) is 2. The Kier molecular flexibility index (Phi) is 14.0. The van der Waals surface area contributed by atoms with Gasteiger partial charge in [-0.3, -0.25) is 29.2 Å². The molecule has 376 valence electrons. The molecule has 0 radical (unpaired) electrons. The molecule has 2 amide bonds. The van der Waals surface area contributed by atoms with E-state index >= 15 is 0 Å². The van der Waals surface area contributed by atoms with E-state index in [1.54, 1.807) is 76.0 Å². The molecule has 2 unspecified atom stereocenters. The van der Waals surface area contributed by atoms with Crippen molar-refractivity contribution < 1.29 is 53.8 Å². The third-order valence-corrected chi connectivity index (χ3v) is 14.8. The Balaban J connectivity index is 1.15. The molecule has 0 aliphatic carbocycles. The van der Waals surface area contributed by atoms with Crippen LogP contribution in [0, 0.1) is 36.5 Å². The van der Waals surface area contributed by atoms with Crippen LogP contribution in [0.5, 0.6) is 17.2 Å². The number of hydrogen-bond donors (Lipinski definition) is 5. The molecule has 0 saturated carbocycles. The predicted octanol–water partition coefficient (Wildman–Crippen LogP) is 4.17. The first-order valence-corrected chi connectivity index (χ1v) is 24.3. The van der Waals surface area contributed by atoms with Gasteiger partial charge in [-0.15, -0.1) is 5.10 Å². The van der Waals surface area contributed by atoms with E-state index in [0.29, 0.717) is 44.9 Å². The van der Waals surface area contributed by atoms with Gasteiger partial charge in [0.2, 0.25) is 5.91 Å². The van der Waals surface area contributed by atoms with E-state index in [1.807, 2.05) is 6.92 Å². The van der Waals surface area contributed by atoms with E-state index in [2.05, 4.69) is 34.4 Å². The lowest BCUT2D eigenvalue weighted by Gasteiger charge is -2.39. The molecule has 3 aromatic rings. The molecule has 2 aromatic carbocycles. The number of ketones is 1. The fraction of sp³-hybridized carbons (Fsp3) is 0.569. The summed E-state index contributed by atoms with van der Waals surface area (Å²) in [5.74, 6) is -7.21. The molecule has 5 N–H and O–H groups in total. The number of aliphatic hydroxyl groups excluding tert-OH is 2. The number of hydrogen-bond acceptors (Lipinski definition) is 16. The molecule has 2 saturated heterocycles. The number of carbonyl (C=O) groups is 4. The molecule has 9 rings (SSSR count). The smallest absolute Gasteiger partial charge is 0.315 e. The molecule has 19 heteroatoms. The summed E-state index contributed by atoms with van der Waals surface area (Å²) in [7, 11) is 0. The standard InChI is InChI=1S/C51H66N8O11/c1-26(2)23-57-18-15-51(16-19-57)54-39-36-37-44(64)32(8)47-38(36)48(66)50(9,70-47)68-21-11-14-28(4)46(69-35(61)22-34(60)58-24-33(25-58)59-20-17-52-56-59)31(7)43(63)30(6)42(62)27(3)12-10-13-29(5)49(67)53-41(45(37)65)40(39)55-51/h10-13,17,20-21,26-28,30-31,33,42-43,46,62-65H,14-16,18-19,22-25H2,1-9H3,(H,53,67)/b12-10+,21-11+,29-13-/t27?,28-,30-,31-,42+,43-,46?,50+/m1/s1. The Labute approximate surface area is 406 Å². The first kappa shape index (κ1) is 50.2. The number of phenols is 2. The maximum Gasteiger partial charge on any atom is 0.315 e. The first-order valence-electron chi connectivity index (χ1n) is 24.3. The van der Waals surface area contributed by atoms with Gasteiger partial charge < -0.3 is 49.8 Å². The molecule has 19 nitrogen and oxygen atoms in total. The molecule has 8 atom stereocenters. The Morgan fingerprint density at radius 2 is 1.67 bits per heavy atom. The van der Waals surface area contributed by atoms with Crippen LogP contribution >= 0.6 is 0 Å². The molecule has 6 aliphatic rings. The third kappa shape index (κ3) is 9.42. The predicted molar refractivity (Wildman–Crippen MR) is 256 cm³/mol. The number of nitrogens with one attached hydrogen (secondary N) is 1. The number of amides is 2. The van der Waals surface area contributed by atoms with Gasteiger partial charge >= 0.3 is 11.8 Å². The Morgan fingerprint density at radius 1 is 0.971 bits per heavy atom. The number of aliphatic hydroxyl groups is 2. The average molecular weight is 967 g/mol. The Morgan fingerprint density at radius 3 is 2.34 bits per heavy atom. The van der Waals surface area contributed by atoms with Crippen molar-refractivity contribution in [3.8, 4) is 17.2 Å². The Hall–Kier alpha value is -6.18. The molecule has 6 aliphatic heterocycles. The lowest BCUT2D eigenvalue weighted by atomic mass is 9.79. The van der Waals surface area contributed by atoms with Crippen molar-refractivity contribution in [2.24, 2.45) is 39.6 Å². The second-order valence-corrected chi connectivity index (χ2v) is 20.5. The molecule has 70 heavy (non-hydrogen) atoms. The number of allylic oxidation sites excluding steroid dienone is 3. The first-order chi connectivity index (χ1) is 33.1. The summed E-state index contributed by atoms with van der Waals surface area (Å²) in [5.41, 5.74) is -0.623. The van der Waals surface area contributed by atoms with Crippen molar-refractivity contribution in [1.29, 1.82) is 0 Å². The summed E-state index contributed by atoms with van der Waals surface area (Å²) < 4.78 is 20.1. The molecule has 2 fully saturated rings. The largest absolute Gasteiger partial charge is 0.507 e. The van der Waals surface area contributed by atoms with Gasteiger partial charge in [0.15, 0.2) is 11.4 Å². The number of rotatable bonds is 6. The number of anilines is 1. The van der Waals surface area contributed by atoms with Gasteiger partial charge in [0.1, 0.15) is 35.1 Å². The van der Waals surface area contributed by atoms with E-state index < -0.39 is 89.2 Å². The fourth-order valence-corrected chi connectivity index (χ4v) is 10.4. The second-order valence-electron chi connectivity index (χ2n) is 20.5. The van der Waals surface area contributed by atoms with Gasteiger partial charge in [-0.2, -0.15) is 0 Å². The maximum absolute atomic E-state index is 14.8.